The maximum absolute atomic E-state index is 13.1. The molecule has 2 aromatic heterocycles. The Balaban J connectivity index is 1.65. The fourth-order valence-electron chi connectivity index (χ4n) is 3.77. The molecule has 1 N–H and O–H groups in total. The smallest absolute Gasteiger partial charge is 0.260 e. The SMILES string of the molecule is Cc1cccc(-c2nc(C(C)C)no2)c1NC(=O)Cc1c(C)nc2ccccc2c1C. The van der Waals surface area contributed by atoms with Crippen molar-refractivity contribution in [3.8, 4) is 11.5 Å². The molecule has 0 aliphatic heterocycles. The zero-order valence-electron chi connectivity index (χ0n) is 18.5. The second-order valence-corrected chi connectivity index (χ2v) is 8.15. The predicted molar refractivity (Wildman–Crippen MR) is 122 cm³/mol. The lowest BCUT2D eigenvalue weighted by Gasteiger charge is -2.15. The molecule has 158 valence electrons. The molecule has 0 radical (unpaired) electrons. The summed E-state index contributed by atoms with van der Waals surface area (Å²) < 4.78 is 5.47. The van der Waals surface area contributed by atoms with E-state index < -0.39 is 0 Å². The van der Waals surface area contributed by atoms with Crippen molar-refractivity contribution in [3.63, 3.8) is 0 Å². The van der Waals surface area contributed by atoms with Gasteiger partial charge in [0.25, 0.3) is 5.89 Å². The molecule has 6 heteroatoms. The Kier molecular flexibility index (Phi) is 5.55. The minimum atomic E-state index is -0.109. The number of anilines is 1. The van der Waals surface area contributed by atoms with Crippen molar-refractivity contribution in [1.29, 1.82) is 0 Å². The fraction of sp³-hybridized carbons (Fsp3) is 0.280. The fourth-order valence-corrected chi connectivity index (χ4v) is 3.77. The number of carbonyl (C=O) groups is 1. The number of fused-ring (bicyclic) bond motifs is 1. The predicted octanol–water partition coefficient (Wildman–Crippen LogP) is 5.51. The van der Waals surface area contributed by atoms with E-state index in [1.807, 2.05) is 77.1 Å². The molecule has 0 aliphatic rings. The standard InChI is InChI=1S/C25H26N4O2/c1-14(2)24-28-25(31-29-24)19-11-8-9-15(3)23(19)27-22(30)13-20-16(4)18-10-6-7-12-21(18)26-17(20)5/h6-12,14H,13H2,1-5H3,(H,27,30). The lowest BCUT2D eigenvalue weighted by atomic mass is 9.99. The summed E-state index contributed by atoms with van der Waals surface area (Å²) in [6, 6.07) is 13.8. The molecule has 4 aromatic rings. The Bertz CT molecular complexity index is 1270. The molecule has 0 atom stereocenters. The van der Waals surface area contributed by atoms with Crippen LogP contribution in [0.15, 0.2) is 47.0 Å². The number of hydrogen-bond acceptors (Lipinski definition) is 5. The summed E-state index contributed by atoms with van der Waals surface area (Å²) in [7, 11) is 0. The molecule has 0 bridgehead atoms. The van der Waals surface area contributed by atoms with Gasteiger partial charge in [-0.15, -0.1) is 0 Å². The van der Waals surface area contributed by atoms with Gasteiger partial charge in [-0.3, -0.25) is 9.78 Å². The molecule has 2 heterocycles. The van der Waals surface area contributed by atoms with Crippen LogP contribution in [0.4, 0.5) is 5.69 Å². The summed E-state index contributed by atoms with van der Waals surface area (Å²) in [4.78, 5) is 22.2. The third kappa shape index (κ3) is 4.06. The van der Waals surface area contributed by atoms with Crippen LogP contribution in [0.3, 0.4) is 0 Å². The molecule has 0 saturated heterocycles. The highest BCUT2D eigenvalue weighted by atomic mass is 16.5. The van der Waals surface area contributed by atoms with Crippen LogP contribution in [0, 0.1) is 20.8 Å². The monoisotopic (exact) mass is 414 g/mol. The van der Waals surface area contributed by atoms with Gasteiger partial charge in [-0.25, -0.2) is 0 Å². The van der Waals surface area contributed by atoms with Crippen LogP contribution in [-0.4, -0.2) is 21.0 Å². The number of aromatic nitrogens is 3. The van der Waals surface area contributed by atoms with Crippen molar-refractivity contribution < 1.29 is 9.32 Å². The molecule has 0 aliphatic carbocycles. The molecular weight excluding hydrogens is 388 g/mol. The molecule has 1 amide bonds. The van der Waals surface area contributed by atoms with E-state index in [-0.39, 0.29) is 18.2 Å². The normalized spacial score (nSPS) is 11.3. The summed E-state index contributed by atoms with van der Waals surface area (Å²) in [6.07, 6.45) is 0.240. The summed E-state index contributed by atoms with van der Waals surface area (Å²) in [5.74, 6) is 1.10. The lowest BCUT2D eigenvalue weighted by Crippen LogP contribution is -2.17. The molecular formula is C25H26N4O2. The van der Waals surface area contributed by atoms with E-state index in [9.17, 15) is 4.79 Å². The second kappa shape index (κ2) is 8.30. The highest BCUT2D eigenvalue weighted by Crippen LogP contribution is 2.31. The van der Waals surface area contributed by atoms with E-state index in [1.54, 1.807) is 0 Å². The largest absolute Gasteiger partial charge is 0.334 e. The Hall–Kier alpha value is -3.54. The van der Waals surface area contributed by atoms with Crippen molar-refractivity contribution >= 4 is 22.5 Å². The van der Waals surface area contributed by atoms with Gasteiger partial charge in [0.1, 0.15) is 0 Å². The van der Waals surface area contributed by atoms with Crippen molar-refractivity contribution in [3.05, 3.63) is 70.7 Å². The summed E-state index contributed by atoms with van der Waals surface area (Å²) >= 11 is 0. The quantitative estimate of drug-likeness (QED) is 0.465. The molecule has 0 spiro atoms. The van der Waals surface area contributed by atoms with Gasteiger partial charge in [0.15, 0.2) is 5.82 Å². The third-order valence-corrected chi connectivity index (χ3v) is 5.55. The average Bonchev–Trinajstić information content (AvgIpc) is 3.23. The molecule has 4 rings (SSSR count). The van der Waals surface area contributed by atoms with Gasteiger partial charge < -0.3 is 9.84 Å². The zero-order valence-corrected chi connectivity index (χ0v) is 18.5. The first-order valence-corrected chi connectivity index (χ1v) is 10.4. The number of benzene rings is 2. The van der Waals surface area contributed by atoms with E-state index in [4.69, 9.17) is 4.52 Å². The first kappa shape index (κ1) is 20.7. The van der Waals surface area contributed by atoms with Crippen LogP contribution >= 0.6 is 0 Å². The molecule has 0 unspecified atom stereocenters. The topological polar surface area (TPSA) is 80.9 Å². The number of amides is 1. The van der Waals surface area contributed by atoms with Crippen LogP contribution in [0.2, 0.25) is 0 Å². The van der Waals surface area contributed by atoms with E-state index in [0.29, 0.717) is 17.4 Å². The van der Waals surface area contributed by atoms with Crippen molar-refractivity contribution in [2.24, 2.45) is 0 Å². The Morgan fingerprint density at radius 3 is 2.55 bits per heavy atom. The van der Waals surface area contributed by atoms with Gasteiger partial charge in [-0.05, 0) is 49.6 Å². The van der Waals surface area contributed by atoms with Gasteiger partial charge in [0.2, 0.25) is 5.91 Å². The average molecular weight is 415 g/mol. The third-order valence-electron chi connectivity index (χ3n) is 5.55. The number of hydrogen-bond donors (Lipinski definition) is 1. The van der Waals surface area contributed by atoms with Crippen molar-refractivity contribution in [2.45, 2.75) is 47.0 Å². The Morgan fingerprint density at radius 1 is 1.03 bits per heavy atom. The van der Waals surface area contributed by atoms with Crippen molar-refractivity contribution in [1.82, 2.24) is 15.1 Å². The minimum Gasteiger partial charge on any atom is -0.334 e. The minimum absolute atomic E-state index is 0.109. The van der Waals surface area contributed by atoms with E-state index >= 15 is 0 Å². The highest BCUT2D eigenvalue weighted by Gasteiger charge is 2.19. The highest BCUT2D eigenvalue weighted by molar-refractivity contribution is 5.97. The van der Waals surface area contributed by atoms with Crippen LogP contribution in [0.1, 0.15) is 48.0 Å². The van der Waals surface area contributed by atoms with Gasteiger partial charge >= 0.3 is 0 Å². The Labute approximate surface area is 181 Å². The van der Waals surface area contributed by atoms with Gasteiger partial charge in [0.05, 0.1) is 23.2 Å². The van der Waals surface area contributed by atoms with E-state index in [0.717, 1.165) is 38.9 Å². The van der Waals surface area contributed by atoms with Crippen LogP contribution < -0.4 is 5.32 Å². The van der Waals surface area contributed by atoms with Gasteiger partial charge in [-0.2, -0.15) is 4.98 Å². The molecule has 6 nitrogen and oxygen atoms in total. The number of nitrogens with zero attached hydrogens (tertiary/aromatic N) is 3. The summed E-state index contributed by atoms with van der Waals surface area (Å²) in [6.45, 7) is 9.97. The molecule has 0 saturated carbocycles. The van der Waals surface area contributed by atoms with Crippen LogP contribution in [-0.2, 0) is 11.2 Å². The number of pyridine rings is 1. The maximum atomic E-state index is 13.1. The number of aryl methyl sites for hydroxylation is 3. The maximum Gasteiger partial charge on any atom is 0.260 e. The van der Waals surface area contributed by atoms with Gasteiger partial charge in [-0.1, -0.05) is 49.3 Å². The number of para-hydroxylation sites is 2. The second-order valence-electron chi connectivity index (χ2n) is 8.15. The first-order chi connectivity index (χ1) is 14.8. The van der Waals surface area contributed by atoms with Crippen LogP contribution in [0.25, 0.3) is 22.4 Å². The zero-order chi connectivity index (χ0) is 22.1. The molecule has 31 heavy (non-hydrogen) atoms. The van der Waals surface area contributed by atoms with Crippen molar-refractivity contribution in [2.75, 3.05) is 5.32 Å². The van der Waals surface area contributed by atoms with Crippen LogP contribution in [0.5, 0.6) is 0 Å². The summed E-state index contributed by atoms with van der Waals surface area (Å²) in [5.41, 5.74) is 6.19. The molecule has 2 aromatic carbocycles. The van der Waals surface area contributed by atoms with E-state index in [2.05, 4.69) is 20.4 Å². The number of carbonyl (C=O) groups excluding carboxylic acids is 1. The Morgan fingerprint density at radius 2 is 1.81 bits per heavy atom. The van der Waals surface area contributed by atoms with Gasteiger partial charge in [0, 0.05) is 17.0 Å². The first-order valence-electron chi connectivity index (χ1n) is 10.4. The number of rotatable bonds is 5. The summed E-state index contributed by atoms with van der Waals surface area (Å²) in [5, 5.41) is 8.20. The number of nitrogens with one attached hydrogen (secondary N) is 1. The lowest BCUT2D eigenvalue weighted by molar-refractivity contribution is -0.115. The molecule has 0 fully saturated rings. The van der Waals surface area contributed by atoms with E-state index in [1.165, 1.54) is 0 Å².